The summed E-state index contributed by atoms with van der Waals surface area (Å²) < 4.78 is 28.4. The Hall–Kier alpha value is -0.920. The van der Waals surface area contributed by atoms with Crippen LogP contribution in [0, 0.1) is 6.92 Å². The highest BCUT2D eigenvalue weighted by atomic mass is 32.2. The molecule has 1 aromatic rings. The molecule has 108 valence electrons. The van der Waals surface area contributed by atoms with Crippen molar-refractivity contribution in [3.8, 4) is 0 Å². The average Bonchev–Trinajstić information content (AvgIpc) is 2.81. The van der Waals surface area contributed by atoms with Gasteiger partial charge in [0, 0.05) is 25.8 Å². The van der Waals surface area contributed by atoms with Gasteiger partial charge in [-0.05, 0) is 39.8 Å². The molecule has 0 atom stereocenters. The van der Waals surface area contributed by atoms with Crippen LogP contribution in [-0.4, -0.2) is 48.5 Å². The fraction of sp³-hybridized carbons (Fsp3) is 0.750. The predicted molar refractivity (Wildman–Crippen MR) is 73.5 cm³/mol. The predicted octanol–water partition coefficient (Wildman–Crippen LogP) is 0.584. The monoisotopic (exact) mass is 286 g/mol. The van der Waals surface area contributed by atoms with E-state index in [0.29, 0.717) is 0 Å². The molecule has 1 aromatic heterocycles. The fourth-order valence-electron chi connectivity index (χ4n) is 2.44. The number of nitrogens with zero attached hydrogens (tertiary/aromatic N) is 3. The lowest BCUT2D eigenvalue weighted by Gasteiger charge is -2.30. The summed E-state index contributed by atoms with van der Waals surface area (Å²) in [5.74, 6) is 0.736. The molecule has 1 N–H and O–H groups in total. The van der Waals surface area contributed by atoms with E-state index in [-0.39, 0.29) is 11.1 Å². The molecule has 0 unspecified atom stereocenters. The SMILES string of the molecule is CCn1cc(S(=O)(=O)N(C)C2CCNCC2)nc1C. The minimum Gasteiger partial charge on any atom is -0.334 e. The molecule has 0 aliphatic carbocycles. The summed E-state index contributed by atoms with van der Waals surface area (Å²) in [7, 11) is -1.82. The number of sulfonamides is 1. The largest absolute Gasteiger partial charge is 0.334 e. The maximum absolute atomic E-state index is 12.5. The molecular formula is C12H22N4O2S. The summed E-state index contributed by atoms with van der Waals surface area (Å²) >= 11 is 0. The van der Waals surface area contributed by atoms with Crippen LogP contribution < -0.4 is 5.32 Å². The molecule has 1 aliphatic rings. The minimum atomic E-state index is -3.48. The molecule has 1 aliphatic heterocycles. The average molecular weight is 286 g/mol. The Morgan fingerprint density at radius 2 is 2.11 bits per heavy atom. The zero-order valence-corrected chi connectivity index (χ0v) is 12.6. The van der Waals surface area contributed by atoms with Crippen molar-refractivity contribution in [1.29, 1.82) is 0 Å². The molecule has 7 heteroatoms. The molecule has 0 amide bonds. The van der Waals surface area contributed by atoms with Crippen molar-refractivity contribution >= 4 is 10.0 Å². The zero-order chi connectivity index (χ0) is 14.0. The zero-order valence-electron chi connectivity index (χ0n) is 11.8. The molecule has 0 spiro atoms. The third-order valence-electron chi connectivity index (χ3n) is 3.76. The highest BCUT2D eigenvalue weighted by molar-refractivity contribution is 7.89. The van der Waals surface area contributed by atoms with E-state index in [4.69, 9.17) is 0 Å². The van der Waals surface area contributed by atoms with Crippen LogP contribution in [-0.2, 0) is 16.6 Å². The second-order valence-corrected chi connectivity index (χ2v) is 6.86. The van der Waals surface area contributed by atoms with Gasteiger partial charge >= 0.3 is 0 Å². The lowest BCUT2D eigenvalue weighted by molar-refractivity contribution is 0.296. The van der Waals surface area contributed by atoms with Crippen molar-refractivity contribution in [1.82, 2.24) is 19.2 Å². The first-order chi connectivity index (χ1) is 8.96. The van der Waals surface area contributed by atoms with Crippen LogP contribution in [0.4, 0.5) is 0 Å². The van der Waals surface area contributed by atoms with Crippen LogP contribution in [0.1, 0.15) is 25.6 Å². The van der Waals surface area contributed by atoms with Crippen molar-refractivity contribution in [2.45, 2.75) is 44.3 Å². The first-order valence-corrected chi connectivity index (χ1v) is 8.13. The van der Waals surface area contributed by atoms with Gasteiger partial charge in [-0.1, -0.05) is 0 Å². The summed E-state index contributed by atoms with van der Waals surface area (Å²) in [6.45, 7) is 6.26. The molecule has 19 heavy (non-hydrogen) atoms. The Morgan fingerprint density at radius 1 is 1.47 bits per heavy atom. The Balaban J connectivity index is 2.24. The third-order valence-corrected chi connectivity index (χ3v) is 5.54. The standard InChI is InChI=1S/C12H22N4O2S/c1-4-16-9-12(14-10(16)2)19(17,18)15(3)11-5-7-13-8-6-11/h9,11,13H,4-8H2,1-3H3. The number of hydrogen-bond donors (Lipinski definition) is 1. The molecule has 0 saturated carbocycles. The van der Waals surface area contributed by atoms with Crippen LogP contribution in [0.3, 0.4) is 0 Å². The molecule has 1 saturated heterocycles. The van der Waals surface area contributed by atoms with E-state index in [2.05, 4.69) is 10.3 Å². The lowest BCUT2D eigenvalue weighted by Crippen LogP contribution is -2.43. The van der Waals surface area contributed by atoms with E-state index in [1.54, 1.807) is 13.2 Å². The maximum Gasteiger partial charge on any atom is 0.262 e. The van der Waals surface area contributed by atoms with Crippen molar-refractivity contribution in [2.24, 2.45) is 0 Å². The molecule has 6 nitrogen and oxygen atoms in total. The smallest absolute Gasteiger partial charge is 0.262 e. The number of imidazole rings is 1. The molecule has 0 radical (unpaired) electrons. The first-order valence-electron chi connectivity index (χ1n) is 6.69. The van der Waals surface area contributed by atoms with Gasteiger partial charge in [-0.25, -0.2) is 13.4 Å². The van der Waals surface area contributed by atoms with E-state index >= 15 is 0 Å². The van der Waals surface area contributed by atoms with Gasteiger partial charge in [-0.3, -0.25) is 0 Å². The molecule has 2 rings (SSSR count). The summed E-state index contributed by atoms with van der Waals surface area (Å²) in [5, 5.41) is 3.40. The van der Waals surface area contributed by atoms with Crippen molar-refractivity contribution in [3.05, 3.63) is 12.0 Å². The topological polar surface area (TPSA) is 67.2 Å². The van der Waals surface area contributed by atoms with Crippen LogP contribution in [0.15, 0.2) is 11.2 Å². The van der Waals surface area contributed by atoms with Gasteiger partial charge in [-0.15, -0.1) is 0 Å². The van der Waals surface area contributed by atoms with Gasteiger partial charge in [0.05, 0.1) is 0 Å². The van der Waals surface area contributed by atoms with Crippen molar-refractivity contribution in [3.63, 3.8) is 0 Å². The number of nitrogens with one attached hydrogen (secondary N) is 1. The number of piperidine rings is 1. The van der Waals surface area contributed by atoms with E-state index in [9.17, 15) is 8.42 Å². The van der Waals surface area contributed by atoms with E-state index in [1.165, 1.54) is 4.31 Å². The Bertz CT molecular complexity index is 532. The summed E-state index contributed by atoms with van der Waals surface area (Å²) in [4.78, 5) is 4.19. The van der Waals surface area contributed by atoms with Crippen LogP contribution in [0.25, 0.3) is 0 Å². The van der Waals surface area contributed by atoms with Crippen molar-refractivity contribution < 1.29 is 8.42 Å². The van der Waals surface area contributed by atoms with Gasteiger partial charge in [0.2, 0.25) is 0 Å². The van der Waals surface area contributed by atoms with Gasteiger partial charge in [-0.2, -0.15) is 4.31 Å². The Kier molecular flexibility index (Phi) is 4.27. The molecular weight excluding hydrogens is 264 g/mol. The number of hydrogen-bond acceptors (Lipinski definition) is 4. The number of rotatable bonds is 4. The highest BCUT2D eigenvalue weighted by Crippen LogP contribution is 2.20. The van der Waals surface area contributed by atoms with Gasteiger partial charge in [0.15, 0.2) is 5.03 Å². The second-order valence-electron chi connectivity index (χ2n) is 4.91. The summed E-state index contributed by atoms with van der Waals surface area (Å²) in [6, 6.07) is 0.0679. The van der Waals surface area contributed by atoms with E-state index in [1.807, 2.05) is 18.4 Å². The third kappa shape index (κ3) is 2.82. The summed E-state index contributed by atoms with van der Waals surface area (Å²) in [5.41, 5.74) is 0. The second kappa shape index (κ2) is 5.60. The number of aryl methyl sites for hydroxylation is 2. The van der Waals surface area contributed by atoms with Crippen LogP contribution in [0.2, 0.25) is 0 Å². The molecule has 0 bridgehead atoms. The molecule has 1 fully saturated rings. The minimum absolute atomic E-state index is 0.0679. The quantitative estimate of drug-likeness (QED) is 0.879. The van der Waals surface area contributed by atoms with Crippen LogP contribution in [0.5, 0.6) is 0 Å². The molecule has 2 heterocycles. The Labute approximate surface area is 114 Å². The maximum atomic E-state index is 12.5. The van der Waals surface area contributed by atoms with E-state index < -0.39 is 10.0 Å². The first kappa shape index (κ1) is 14.5. The van der Waals surface area contributed by atoms with Gasteiger partial charge in [0.1, 0.15) is 5.82 Å². The Morgan fingerprint density at radius 3 is 2.63 bits per heavy atom. The van der Waals surface area contributed by atoms with Crippen molar-refractivity contribution in [2.75, 3.05) is 20.1 Å². The lowest BCUT2D eigenvalue weighted by atomic mass is 10.1. The summed E-state index contributed by atoms with van der Waals surface area (Å²) in [6.07, 6.45) is 3.33. The fourth-order valence-corrected chi connectivity index (χ4v) is 3.84. The highest BCUT2D eigenvalue weighted by Gasteiger charge is 2.31. The normalized spacial score (nSPS) is 18.1. The van der Waals surface area contributed by atoms with Gasteiger partial charge < -0.3 is 9.88 Å². The van der Waals surface area contributed by atoms with Gasteiger partial charge in [0.25, 0.3) is 10.0 Å². The van der Waals surface area contributed by atoms with Crippen LogP contribution >= 0.6 is 0 Å². The molecule has 0 aromatic carbocycles. The number of aromatic nitrogens is 2. The van der Waals surface area contributed by atoms with E-state index in [0.717, 1.165) is 38.3 Å².